The SMILES string of the molecule is CC(=O)Nc1c(N(Cc2ccc(F)c(C(F)(F)F)c2)S(=O)(=O)c2ccccc2)sc2ccccc12. The maximum absolute atomic E-state index is 13.9. The molecule has 5 nitrogen and oxygen atoms in total. The Hall–Kier alpha value is -3.44. The minimum atomic E-state index is -4.96. The maximum atomic E-state index is 13.9. The third-order valence-corrected chi connectivity index (χ3v) is 8.17. The van der Waals surface area contributed by atoms with Crippen molar-refractivity contribution >= 4 is 48.0 Å². The van der Waals surface area contributed by atoms with E-state index in [0.29, 0.717) is 22.2 Å². The van der Waals surface area contributed by atoms with Crippen LogP contribution >= 0.6 is 11.3 Å². The van der Waals surface area contributed by atoms with Gasteiger partial charge in [-0.05, 0) is 35.9 Å². The fourth-order valence-corrected chi connectivity index (χ4v) is 6.40. The number of amides is 1. The molecule has 4 rings (SSSR count). The second-order valence-electron chi connectivity index (χ2n) is 7.60. The lowest BCUT2D eigenvalue weighted by Crippen LogP contribution is -2.31. The molecule has 1 N–H and O–H groups in total. The molecule has 0 spiro atoms. The Morgan fingerprint density at radius 2 is 1.66 bits per heavy atom. The van der Waals surface area contributed by atoms with Crippen molar-refractivity contribution in [2.45, 2.75) is 24.5 Å². The number of alkyl halides is 3. The lowest BCUT2D eigenvalue weighted by molar-refractivity contribution is -0.140. The molecule has 0 radical (unpaired) electrons. The summed E-state index contributed by atoms with van der Waals surface area (Å²) in [6.07, 6.45) is -4.96. The van der Waals surface area contributed by atoms with Crippen molar-refractivity contribution in [3.63, 3.8) is 0 Å². The van der Waals surface area contributed by atoms with Gasteiger partial charge in [-0.1, -0.05) is 42.5 Å². The van der Waals surface area contributed by atoms with Gasteiger partial charge in [0.1, 0.15) is 10.8 Å². The lowest BCUT2D eigenvalue weighted by atomic mass is 10.1. The fourth-order valence-electron chi connectivity index (χ4n) is 3.54. The Kier molecular flexibility index (Phi) is 6.56. The van der Waals surface area contributed by atoms with Crippen molar-refractivity contribution in [2.24, 2.45) is 0 Å². The molecule has 0 saturated heterocycles. The zero-order valence-electron chi connectivity index (χ0n) is 18.1. The van der Waals surface area contributed by atoms with Crippen LogP contribution in [0, 0.1) is 5.82 Å². The predicted molar refractivity (Wildman–Crippen MR) is 127 cm³/mol. The third kappa shape index (κ3) is 5.01. The average Bonchev–Trinajstić information content (AvgIpc) is 3.15. The molecule has 0 aliphatic carbocycles. The molecular formula is C24H18F4N2O3S2. The number of nitrogens with one attached hydrogen (secondary N) is 1. The van der Waals surface area contributed by atoms with Gasteiger partial charge in [0.25, 0.3) is 10.0 Å². The van der Waals surface area contributed by atoms with Crippen LogP contribution < -0.4 is 9.62 Å². The molecule has 1 heterocycles. The summed E-state index contributed by atoms with van der Waals surface area (Å²) in [6, 6.07) is 16.6. The second kappa shape index (κ2) is 9.31. The number of thiophene rings is 1. The summed E-state index contributed by atoms with van der Waals surface area (Å²) in [7, 11) is -4.30. The molecule has 0 atom stereocenters. The number of rotatable bonds is 6. The van der Waals surface area contributed by atoms with Crippen LogP contribution in [0.15, 0.2) is 77.7 Å². The van der Waals surface area contributed by atoms with Gasteiger partial charge in [0, 0.05) is 17.0 Å². The zero-order valence-corrected chi connectivity index (χ0v) is 19.8. The van der Waals surface area contributed by atoms with E-state index in [1.807, 2.05) is 0 Å². The van der Waals surface area contributed by atoms with E-state index in [9.17, 15) is 30.8 Å². The van der Waals surface area contributed by atoms with Crippen molar-refractivity contribution < 1.29 is 30.8 Å². The number of carbonyl (C=O) groups excluding carboxylic acids is 1. The minimum absolute atomic E-state index is 0.0792. The molecule has 182 valence electrons. The zero-order chi connectivity index (χ0) is 25.4. The van der Waals surface area contributed by atoms with Gasteiger partial charge in [-0.3, -0.25) is 9.10 Å². The summed E-state index contributed by atoms with van der Waals surface area (Å²) in [5.41, 5.74) is -1.36. The molecule has 3 aromatic carbocycles. The number of nitrogens with zero attached hydrogens (tertiary/aromatic N) is 1. The number of sulfonamides is 1. The highest BCUT2D eigenvalue weighted by molar-refractivity contribution is 7.93. The van der Waals surface area contributed by atoms with Crippen molar-refractivity contribution in [2.75, 3.05) is 9.62 Å². The molecule has 11 heteroatoms. The maximum Gasteiger partial charge on any atom is 0.419 e. The quantitative estimate of drug-likeness (QED) is 0.298. The topological polar surface area (TPSA) is 66.5 Å². The van der Waals surface area contributed by atoms with E-state index in [2.05, 4.69) is 5.32 Å². The molecule has 0 unspecified atom stereocenters. The molecular weight excluding hydrogens is 504 g/mol. The Morgan fingerprint density at radius 1 is 1.00 bits per heavy atom. The number of hydrogen-bond acceptors (Lipinski definition) is 4. The molecule has 0 fully saturated rings. The van der Waals surface area contributed by atoms with Crippen LogP contribution in [0.25, 0.3) is 10.1 Å². The normalized spacial score (nSPS) is 12.0. The Balaban J connectivity index is 1.94. The van der Waals surface area contributed by atoms with E-state index in [0.717, 1.165) is 21.7 Å². The van der Waals surface area contributed by atoms with E-state index >= 15 is 0 Å². The van der Waals surface area contributed by atoms with Crippen LogP contribution in [0.1, 0.15) is 18.1 Å². The first-order chi connectivity index (χ1) is 16.5. The second-order valence-corrected chi connectivity index (χ2v) is 10.5. The number of fused-ring (bicyclic) bond motifs is 1. The van der Waals surface area contributed by atoms with E-state index in [1.54, 1.807) is 30.3 Å². The molecule has 4 aromatic rings. The number of benzene rings is 3. The lowest BCUT2D eigenvalue weighted by Gasteiger charge is -2.25. The van der Waals surface area contributed by atoms with Crippen molar-refractivity contribution in [1.82, 2.24) is 0 Å². The first-order valence-corrected chi connectivity index (χ1v) is 12.5. The molecule has 0 saturated carbocycles. The molecule has 0 aliphatic heterocycles. The number of carbonyl (C=O) groups is 1. The van der Waals surface area contributed by atoms with E-state index in [4.69, 9.17) is 0 Å². The van der Waals surface area contributed by atoms with E-state index < -0.39 is 40.0 Å². The van der Waals surface area contributed by atoms with Crippen molar-refractivity contribution in [1.29, 1.82) is 0 Å². The molecule has 0 bridgehead atoms. The van der Waals surface area contributed by atoms with Crippen LogP contribution in [0.3, 0.4) is 0 Å². The fraction of sp³-hybridized carbons (Fsp3) is 0.125. The van der Waals surface area contributed by atoms with Crippen molar-refractivity contribution in [3.8, 4) is 0 Å². The standard InChI is InChI=1S/C24H18F4N2O3S2/c1-15(31)29-22-18-9-5-6-10-21(18)34-23(22)30(35(32,33)17-7-3-2-4-8-17)14-16-11-12-20(25)19(13-16)24(26,27)28/h2-13H,14H2,1H3,(H,29,31). The summed E-state index contributed by atoms with van der Waals surface area (Å²) >= 11 is 1.06. The molecule has 1 amide bonds. The Morgan fingerprint density at radius 3 is 2.31 bits per heavy atom. The third-order valence-electron chi connectivity index (χ3n) is 5.10. The number of halogens is 4. The summed E-state index contributed by atoms with van der Waals surface area (Å²) in [5, 5.41) is 3.35. The van der Waals surface area contributed by atoms with Crippen LogP contribution in [0.2, 0.25) is 0 Å². The highest BCUT2D eigenvalue weighted by Crippen LogP contribution is 2.45. The summed E-state index contributed by atoms with van der Waals surface area (Å²) in [6.45, 7) is 0.738. The minimum Gasteiger partial charge on any atom is -0.323 e. The predicted octanol–water partition coefficient (Wildman–Crippen LogP) is 6.41. The van der Waals surface area contributed by atoms with Crippen LogP contribution in [-0.2, 0) is 27.5 Å². The summed E-state index contributed by atoms with van der Waals surface area (Å²) in [4.78, 5) is 11.9. The van der Waals surface area contributed by atoms with Crippen LogP contribution in [-0.4, -0.2) is 14.3 Å². The van der Waals surface area contributed by atoms with Gasteiger partial charge in [-0.15, -0.1) is 11.3 Å². The Bertz CT molecular complexity index is 1500. The van der Waals surface area contributed by atoms with Crippen molar-refractivity contribution in [3.05, 3.63) is 89.7 Å². The van der Waals surface area contributed by atoms with E-state index in [-0.39, 0.29) is 21.1 Å². The van der Waals surface area contributed by atoms with Gasteiger partial charge < -0.3 is 5.32 Å². The number of anilines is 2. The largest absolute Gasteiger partial charge is 0.419 e. The highest BCUT2D eigenvalue weighted by atomic mass is 32.2. The molecule has 35 heavy (non-hydrogen) atoms. The summed E-state index contributed by atoms with van der Waals surface area (Å²) < 4.78 is 82.9. The first kappa shape index (κ1) is 24.7. The average molecular weight is 523 g/mol. The van der Waals surface area contributed by atoms with E-state index in [1.165, 1.54) is 31.2 Å². The van der Waals surface area contributed by atoms with Gasteiger partial charge in [0.15, 0.2) is 0 Å². The number of hydrogen-bond donors (Lipinski definition) is 1. The summed E-state index contributed by atoms with van der Waals surface area (Å²) in [5.74, 6) is -1.91. The first-order valence-electron chi connectivity index (χ1n) is 10.2. The van der Waals surface area contributed by atoms with Gasteiger partial charge in [0.2, 0.25) is 5.91 Å². The van der Waals surface area contributed by atoms with Crippen LogP contribution in [0.5, 0.6) is 0 Å². The molecule has 1 aromatic heterocycles. The van der Waals surface area contributed by atoms with Gasteiger partial charge in [-0.2, -0.15) is 13.2 Å². The smallest absolute Gasteiger partial charge is 0.323 e. The van der Waals surface area contributed by atoms with Gasteiger partial charge in [-0.25, -0.2) is 12.8 Å². The van der Waals surface area contributed by atoms with Gasteiger partial charge in [0.05, 0.1) is 22.7 Å². The van der Waals surface area contributed by atoms with Gasteiger partial charge >= 0.3 is 6.18 Å². The molecule has 0 aliphatic rings. The Labute approximate surface area is 202 Å². The monoisotopic (exact) mass is 522 g/mol. The van der Waals surface area contributed by atoms with Crippen LogP contribution in [0.4, 0.5) is 28.3 Å². The highest BCUT2D eigenvalue weighted by Gasteiger charge is 2.35.